The summed E-state index contributed by atoms with van der Waals surface area (Å²) in [6.07, 6.45) is 4.68. The predicted molar refractivity (Wildman–Crippen MR) is 90.1 cm³/mol. The highest BCUT2D eigenvalue weighted by Crippen LogP contribution is 2.22. The van der Waals surface area contributed by atoms with Crippen molar-refractivity contribution in [3.05, 3.63) is 69.8 Å². The van der Waals surface area contributed by atoms with Crippen molar-refractivity contribution in [3.8, 4) is 11.3 Å². The Kier molecular flexibility index (Phi) is 4.90. The van der Waals surface area contributed by atoms with E-state index in [0.29, 0.717) is 16.7 Å². The van der Waals surface area contributed by atoms with E-state index in [1.807, 2.05) is 29.6 Å². The van der Waals surface area contributed by atoms with Crippen LogP contribution in [-0.4, -0.2) is 11.0 Å². The van der Waals surface area contributed by atoms with Gasteiger partial charge in [-0.15, -0.1) is 11.3 Å². The second kappa shape index (κ2) is 7.26. The molecule has 0 amide bonds. The molecule has 2 heterocycles. The summed E-state index contributed by atoms with van der Waals surface area (Å²) in [5, 5.41) is 2.59. The lowest BCUT2D eigenvalue weighted by molar-refractivity contribution is -0.139. The molecule has 23 heavy (non-hydrogen) atoms. The van der Waals surface area contributed by atoms with Gasteiger partial charge in [-0.25, -0.2) is 9.78 Å². The number of halogens is 1. The van der Waals surface area contributed by atoms with Gasteiger partial charge in [0, 0.05) is 21.5 Å². The fourth-order valence-corrected chi connectivity index (χ4v) is 2.59. The van der Waals surface area contributed by atoms with Crippen LogP contribution < -0.4 is 0 Å². The first kappa shape index (κ1) is 15.5. The first-order chi connectivity index (χ1) is 11.2. The monoisotopic (exact) mass is 345 g/mol. The molecular formula is C17H12ClNO3S. The van der Waals surface area contributed by atoms with E-state index >= 15 is 0 Å². The highest BCUT2D eigenvalue weighted by atomic mass is 35.5. The third-order valence-corrected chi connectivity index (χ3v) is 4.04. The summed E-state index contributed by atoms with van der Waals surface area (Å²) in [5.74, 6) is 0.499. The van der Waals surface area contributed by atoms with Crippen LogP contribution in [0.5, 0.6) is 0 Å². The van der Waals surface area contributed by atoms with E-state index in [4.69, 9.17) is 20.8 Å². The van der Waals surface area contributed by atoms with Crippen molar-refractivity contribution in [1.82, 2.24) is 4.98 Å². The average molecular weight is 346 g/mol. The smallest absolute Gasteiger partial charge is 0.331 e. The minimum absolute atomic E-state index is 0.0127. The van der Waals surface area contributed by atoms with E-state index in [2.05, 4.69) is 4.98 Å². The number of hydrogen-bond acceptors (Lipinski definition) is 5. The maximum Gasteiger partial charge on any atom is 0.331 e. The van der Waals surface area contributed by atoms with Crippen LogP contribution >= 0.6 is 22.9 Å². The molecule has 0 aliphatic heterocycles. The normalized spacial score (nSPS) is 11.0. The highest BCUT2D eigenvalue weighted by Gasteiger charge is 2.08. The van der Waals surface area contributed by atoms with Gasteiger partial charge in [0.25, 0.3) is 0 Å². The van der Waals surface area contributed by atoms with Gasteiger partial charge in [0.05, 0.1) is 6.20 Å². The number of oxazole rings is 1. The zero-order chi connectivity index (χ0) is 16.1. The maximum atomic E-state index is 11.6. The van der Waals surface area contributed by atoms with Gasteiger partial charge >= 0.3 is 5.97 Å². The molecule has 0 radical (unpaired) electrons. The Bertz CT molecular complexity index is 807. The molecule has 0 spiro atoms. The Morgan fingerprint density at radius 1 is 1.30 bits per heavy atom. The molecule has 0 atom stereocenters. The Morgan fingerprint density at radius 3 is 2.87 bits per heavy atom. The largest absolute Gasteiger partial charge is 0.453 e. The molecule has 1 aromatic carbocycles. The van der Waals surface area contributed by atoms with Crippen LogP contribution in [0, 0.1) is 0 Å². The number of thiophene rings is 1. The number of benzene rings is 1. The molecule has 0 bridgehead atoms. The number of hydrogen-bond donors (Lipinski definition) is 0. The molecule has 0 N–H and O–H groups in total. The Hall–Kier alpha value is -2.37. The summed E-state index contributed by atoms with van der Waals surface area (Å²) in [6.45, 7) is -0.0127. The summed E-state index contributed by atoms with van der Waals surface area (Å²) in [5.41, 5.74) is 0.858. The van der Waals surface area contributed by atoms with Gasteiger partial charge in [0.15, 0.2) is 12.4 Å². The van der Waals surface area contributed by atoms with Crippen LogP contribution in [0.4, 0.5) is 0 Å². The molecule has 4 nitrogen and oxygen atoms in total. The fraction of sp³-hybridized carbons (Fsp3) is 0.0588. The number of nitrogens with zero attached hydrogens (tertiary/aromatic N) is 1. The molecule has 6 heteroatoms. The lowest BCUT2D eigenvalue weighted by atomic mass is 10.2. The van der Waals surface area contributed by atoms with E-state index < -0.39 is 5.97 Å². The Labute approximate surface area is 142 Å². The van der Waals surface area contributed by atoms with Gasteiger partial charge < -0.3 is 9.15 Å². The zero-order valence-corrected chi connectivity index (χ0v) is 13.5. The molecule has 0 fully saturated rings. The predicted octanol–water partition coefficient (Wildman–Crippen LogP) is 4.81. The summed E-state index contributed by atoms with van der Waals surface area (Å²) >= 11 is 7.39. The molecule has 2 aromatic heterocycles. The fourth-order valence-electron chi connectivity index (χ4n) is 1.84. The lowest BCUT2D eigenvalue weighted by Crippen LogP contribution is -2.00. The maximum absolute atomic E-state index is 11.6. The summed E-state index contributed by atoms with van der Waals surface area (Å²) < 4.78 is 10.7. The molecule has 0 saturated heterocycles. The molecule has 3 aromatic rings. The Balaban J connectivity index is 1.57. The van der Waals surface area contributed by atoms with Crippen molar-refractivity contribution in [3.63, 3.8) is 0 Å². The van der Waals surface area contributed by atoms with Crippen molar-refractivity contribution in [1.29, 1.82) is 0 Å². The molecule has 0 aliphatic carbocycles. The number of aromatic nitrogens is 1. The third kappa shape index (κ3) is 4.31. The van der Waals surface area contributed by atoms with Gasteiger partial charge in [-0.3, -0.25) is 0 Å². The second-order valence-corrected chi connectivity index (χ2v) is 6.00. The first-order valence-electron chi connectivity index (χ1n) is 6.80. The van der Waals surface area contributed by atoms with Gasteiger partial charge in [0.2, 0.25) is 5.89 Å². The highest BCUT2D eigenvalue weighted by molar-refractivity contribution is 7.10. The van der Waals surface area contributed by atoms with Crippen LogP contribution in [0.25, 0.3) is 17.4 Å². The van der Waals surface area contributed by atoms with Crippen LogP contribution in [0.2, 0.25) is 5.02 Å². The van der Waals surface area contributed by atoms with Crippen LogP contribution in [0.15, 0.2) is 58.5 Å². The summed E-state index contributed by atoms with van der Waals surface area (Å²) in [6, 6.07) is 11.1. The molecule has 116 valence electrons. The van der Waals surface area contributed by atoms with Gasteiger partial charge in [-0.2, -0.15) is 0 Å². The van der Waals surface area contributed by atoms with Crippen molar-refractivity contribution in [2.45, 2.75) is 6.61 Å². The number of carbonyl (C=O) groups is 1. The SMILES string of the molecule is O=C(/C=C/c1cccs1)OCc1ncc(-c2ccc(Cl)cc2)o1. The topological polar surface area (TPSA) is 52.3 Å². The van der Waals surface area contributed by atoms with E-state index in [-0.39, 0.29) is 6.61 Å². The quantitative estimate of drug-likeness (QED) is 0.491. The standard InChI is InChI=1S/C17H12ClNO3S/c18-13-5-3-12(4-6-13)15-10-19-16(22-15)11-21-17(20)8-7-14-2-1-9-23-14/h1-10H,11H2/b8-7+. The summed E-state index contributed by atoms with van der Waals surface area (Å²) in [4.78, 5) is 16.7. The molecule has 3 rings (SSSR count). The number of carbonyl (C=O) groups excluding carboxylic acids is 1. The molecule has 0 saturated carbocycles. The van der Waals surface area contributed by atoms with Crippen LogP contribution in [0.3, 0.4) is 0 Å². The lowest BCUT2D eigenvalue weighted by Gasteiger charge is -1.98. The third-order valence-electron chi connectivity index (χ3n) is 2.95. The minimum Gasteiger partial charge on any atom is -0.453 e. The van der Waals surface area contributed by atoms with Gasteiger partial charge in [-0.1, -0.05) is 17.7 Å². The zero-order valence-electron chi connectivity index (χ0n) is 11.9. The van der Waals surface area contributed by atoms with Crippen molar-refractivity contribution in [2.75, 3.05) is 0 Å². The molecule has 0 aliphatic rings. The van der Waals surface area contributed by atoms with Crippen molar-refractivity contribution >= 4 is 35.0 Å². The number of ether oxygens (including phenoxy) is 1. The molecule has 0 unspecified atom stereocenters. The number of rotatable bonds is 5. The first-order valence-corrected chi connectivity index (χ1v) is 8.05. The van der Waals surface area contributed by atoms with Crippen LogP contribution in [-0.2, 0) is 16.1 Å². The van der Waals surface area contributed by atoms with Crippen molar-refractivity contribution in [2.24, 2.45) is 0 Å². The number of esters is 1. The Morgan fingerprint density at radius 2 is 2.13 bits per heavy atom. The van der Waals surface area contributed by atoms with Gasteiger partial charge in [0.1, 0.15) is 0 Å². The summed E-state index contributed by atoms with van der Waals surface area (Å²) in [7, 11) is 0. The van der Waals surface area contributed by atoms with E-state index in [1.54, 1.807) is 35.7 Å². The molecular weight excluding hydrogens is 334 g/mol. The van der Waals surface area contributed by atoms with E-state index in [0.717, 1.165) is 10.4 Å². The van der Waals surface area contributed by atoms with E-state index in [1.165, 1.54) is 6.08 Å². The minimum atomic E-state index is -0.440. The second-order valence-electron chi connectivity index (χ2n) is 4.58. The van der Waals surface area contributed by atoms with E-state index in [9.17, 15) is 4.79 Å². The van der Waals surface area contributed by atoms with Gasteiger partial charge in [-0.05, 0) is 41.8 Å². The van der Waals surface area contributed by atoms with Crippen molar-refractivity contribution < 1.29 is 13.9 Å². The van der Waals surface area contributed by atoms with Crippen LogP contribution in [0.1, 0.15) is 10.8 Å². The average Bonchev–Trinajstić information content (AvgIpc) is 3.23.